The van der Waals surface area contributed by atoms with Crippen LogP contribution in [0.4, 0.5) is 0 Å². The molecule has 0 radical (unpaired) electrons. The maximum absolute atomic E-state index is 13.6. The van der Waals surface area contributed by atoms with E-state index in [2.05, 4.69) is 28.1 Å². The number of rotatable bonds is 4. The van der Waals surface area contributed by atoms with E-state index in [1.807, 2.05) is 48.5 Å². The fourth-order valence-corrected chi connectivity index (χ4v) is 5.06. The first kappa shape index (κ1) is 19.5. The molecule has 0 amide bonds. The van der Waals surface area contributed by atoms with Gasteiger partial charge in [-0.3, -0.25) is 9.36 Å². The van der Waals surface area contributed by atoms with E-state index in [4.69, 9.17) is 9.97 Å². The van der Waals surface area contributed by atoms with Gasteiger partial charge in [-0.2, -0.15) is 0 Å². The van der Waals surface area contributed by atoms with Gasteiger partial charge >= 0.3 is 0 Å². The molecule has 2 heterocycles. The average Bonchev–Trinajstić information content (AvgIpc) is 2.78. The topological polar surface area (TPSA) is 47.8 Å². The Bertz CT molecular complexity index is 1270. The minimum atomic E-state index is -0.0506. The molecular weight excluding hydrogens is 458 g/mol. The fourth-order valence-electron chi connectivity index (χ4n) is 3.84. The zero-order chi connectivity index (χ0) is 20.5. The van der Waals surface area contributed by atoms with Gasteiger partial charge in [-0.15, -0.1) is 0 Å². The van der Waals surface area contributed by atoms with Crippen LogP contribution >= 0.6 is 27.7 Å². The first-order valence-corrected chi connectivity index (χ1v) is 11.8. The van der Waals surface area contributed by atoms with Crippen molar-refractivity contribution in [2.24, 2.45) is 0 Å². The molecule has 4 aromatic rings. The molecule has 0 saturated carbocycles. The van der Waals surface area contributed by atoms with Crippen LogP contribution in [-0.4, -0.2) is 14.5 Å². The summed E-state index contributed by atoms with van der Waals surface area (Å²) in [6, 6.07) is 20.0. The van der Waals surface area contributed by atoms with Crippen molar-refractivity contribution in [2.45, 2.75) is 36.6 Å². The number of hydrogen-bond acceptors (Lipinski definition) is 4. The highest BCUT2D eigenvalue weighted by Crippen LogP contribution is 2.27. The number of hydrogen-bond donors (Lipinski definition) is 0. The molecule has 5 rings (SSSR count). The van der Waals surface area contributed by atoms with Crippen molar-refractivity contribution < 1.29 is 0 Å². The van der Waals surface area contributed by atoms with E-state index in [0.29, 0.717) is 16.2 Å². The molecule has 0 fully saturated rings. The van der Waals surface area contributed by atoms with Crippen molar-refractivity contribution in [2.75, 3.05) is 0 Å². The molecule has 2 aromatic carbocycles. The molecule has 0 bridgehead atoms. The molecule has 6 heteroatoms. The molecule has 2 aromatic heterocycles. The number of para-hydroxylation sites is 1. The van der Waals surface area contributed by atoms with Crippen molar-refractivity contribution in [3.63, 3.8) is 0 Å². The maximum atomic E-state index is 13.6. The fraction of sp³-hybridized carbons (Fsp3) is 0.208. The molecule has 0 spiro atoms. The van der Waals surface area contributed by atoms with Crippen molar-refractivity contribution in [3.05, 3.63) is 92.3 Å². The summed E-state index contributed by atoms with van der Waals surface area (Å²) in [7, 11) is 0. The molecule has 0 unspecified atom stereocenters. The van der Waals surface area contributed by atoms with Crippen LogP contribution in [0.5, 0.6) is 0 Å². The number of benzene rings is 2. The SMILES string of the molecule is O=c1c2cc3c(nc2nc(SCc2ccc(Br)cc2)n1-c1ccccc1)CCCC3. The summed E-state index contributed by atoms with van der Waals surface area (Å²) in [6.07, 6.45) is 4.26. The van der Waals surface area contributed by atoms with Gasteiger partial charge in [0.1, 0.15) is 0 Å². The van der Waals surface area contributed by atoms with Crippen LogP contribution in [0.3, 0.4) is 0 Å². The van der Waals surface area contributed by atoms with Gasteiger partial charge in [0.25, 0.3) is 5.56 Å². The Morgan fingerprint density at radius 3 is 2.53 bits per heavy atom. The molecule has 0 atom stereocenters. The number of aryl methyl sites for hydroxylation is 2. The Labute approximate surface area is 187 Å². The first-order chi connectivity index (χ1) is 14.7. The molecule has 0 aliphatic heterocycles. The van der Waals surface area contributed by atoms with Gasteiger partial charge in [0.05, 0.1) is 11.1 Å². The Morgan fingerprint density at radius 1 is 0.967 bits per heavy atom. The van der Waals surface area contributed by atoms with Gasteiger partial charge in [0, 0.05) is 15.9 Å². The summed E-state index contributed by atoms with van der Waals surface area (Å²) < 4.78 is 2.78. The standard InChI is InChI=1S/C24H20BrN3OS/c25-18-12-10-16(11-13-18)15-30-24-27-22-20(14-17-6-4-5-9-21(17)26-22)23(29)28(24)19-7-2-1-3-8-19/h1-3,7-8,10-14H,4-6,9,15H2. The lowest BCUT2D eigenvalue weighted by Gasteiger charge is -2.17. The van der Waals surface area contributed by atoms with E-state index >= 15 is 0 Å². The zero-order valence-corrected chi connectivity index (χ0v) is 18.7. The number of fused-ring (bicyclic) bond motifs is 2. The minimum Gasteiger partial charge on any atom is -0.268 e. The summed E-state index contributed by atoms with van der Waals surface area (Å²) >= 11 is 5.04. The van der Waals surface area contributed by atoms with Gasteiger partial charge in [0.15, 0.2) is 10.8 Å². The summed E-state index contributed by atoms with van der Waals surface area (Å²) in [4.78, 5) is 23.2. The number of halogens is 1. The molecule has 4 nitrogen and oxygen atoms in total. The summed E-state index contributed by atoms with van der Waals surface area (Å²) in [5, 5.41) is 1.28. The third kappa shape index (κ3) is 3.82. The lowest BCUT2D eigenvalue weighted by Crippen LogP contribution is -2.23. The van der Waals surface area contributed by atoms with Gasteiger partial charge in [-0.05, 0) is 67.1 Å². The van der Waals surface area contributed by atoms with Gasteiger partial charge < -0.3 is 0 Å². The maximum Gasteiger partial charge on any atom is 0.268 e. The number of pyridine rings is 1. The third-order valence-electron chi connectivity index (χ3n) is 5.40. The minimum absolute atomic E-state index is 0.0506. The van der Waals surface area contributed by atoms with E-state index in [1.54, 1.807) is 16.3 Å². The highest BCUT2D eigenvalue weighted by atomic mass is 79.9. The second-order valence-corrected chi connectivity index (χ2v) is 9.32. The highest BCUT2D eigenvalue weighted by molar-refractivity contribution is 9.10. The summed E-state index contributed by atoms with van der Waals surface area (Å²) in [5.74, 6) is 0.725. The molecular formula is C24H20BrN3OS. The largest absolute Gasteiger partial charge is 0.268 e. The molecule has 150 valence electrons. The molecule has 30 heavy (non-hydrogen) atoms. The van der Waals surface area contributed by atoms with Crippen LogP contribution in [0.2, 0.25) is 0 Å². The van der Waals surface area contributed by atoms with Crippen LogP contribution in [0, 0.1) is 0 Å². The van der Waals surface area contributed by atoms with Gasteiger partial charge in [-0.1, -0.05) is 58.0 Å². The van der Waals surface area contributed by atoms with Crippen LogP contribution < -0.4 is 5.56 Å². The number of aromatic nitrogens is 3. The number of thioether (sulfide) groups is 1. The van der Waals surface area contributed by atoms with Crippen LogP contribution in [0.25, 0.3) is 16.7 Å². The van der Waals surface area contributed by atoms with Crippen LogP contribution in [-0.2, 0) is 18.6 Å². The summed E-state index contributed by atoms with van der Waals surface area (Å²) in [5.41, 5.74) is 4.81. The van der Waals surface area contributed by atoms with Crippen molar-refractivity contribution in [3.8, 4) is 5.69 Å². The van der Waals surface area contributed by atoms with Crippen LogP contribution in [0.1, 0.15) is 29.7 Å². The van der Waals surface area contributed by atoms with E-state index in [0.717, 1.165) is 47.3 Å². The van der Waals surface area contributed by atoms with Gasteiger partial charge in [-0.25, -0.2) is 9.97 Å². The highest BCUT2D eigenvalue weighted by Gasteiger charge is 2.18. The lowest BCUT2D eigenvalue weighted by molar-refractivity contribution is 0.669. The predicted octanol–water partition coefficient (Wildman–Crippen LogP) is 5.71. The summed E-state index contributed by atoms with van der Waals surface area (Å²) in [6.45, 7) is 0. The third-order valence-corrected chi connectivity index (χ3v) is 6.94. The smallest absolute Gasteiger partial charge is 0.268 e. The van der Waals surface area contributed by atoms with E-state index in [1.165, 1.54) is 11.1 Å². The second kappa shape index (κ2) is 8.36. The van der Waals surface area contributed by atoms with E-state index in [-0.39, 0.29) is 5.56 Å². The zero-order valence-electron chi connectivity index (χ0n) is 16.3. The molecule has 1 aliphatic carbocycles. The lowest BCUT2D eigenvalue weighted by atomic mass is 9.95. The molecule has 1 aliphatic rings. The Balaban J connectivity index is 1.64. The average molecular weight is 478 g/mol. The quantitative estimate of drug-likeness (QED) is 0.278. The molecule has 0 N–H and O–H groups in total. The normalized spacial score (nSPS) is 13.4. The monoisotopic (exact) mass is 477 g/mol. The Morgan fingerprint density at radius 2 is 1.73 bits per heavy atom. The van der Waals surface area contributed by atoms with Crippen molar-refractivity contribution in [1.29, 1.82) is 0 Å². The van der Waals surface area contributed by atoms with Crippen molar-refractivity contribution >= 4 is 38.7 Å². The Kier molecular flexibility index (Phi) is 5.44. The second-order valence-electron chi connectivity index (χ2n) is 7.46. The number of nitrogens with zero attached hydrogens (tertiary/aromatic N) is 3. The van der Waals surface area contributed by atoms with E-state index in [9.17, 15) is 4.79 Å². The molecule has 0 saturated heterocycles. The predicted molar refractivity (Wildman–Crippen MR) is 125 cm³/mol. The Hall–Kier alpha value is -2.44. The first-order valence-electron chi connectivity index (χ1n) is 10.1. The van der Waals surface area contributed by atoms with Crippen LogP contribution in [0.15, 0.2) is 75.1 Å². The van der Waals surface area contributed by atoms with Gasteiger partial charge in [0.2, 0.25) is 0 Å². The van der Waals surface area contributed by atoms with Crippen molar-refractivity contribution in [1.82, 2.24) is 14.5 Å². The van der Waals surface area contributed by atoms with E-state index < -0.39 is 0 Å².